The Kier molecular flexibility index (Phi) is 6.02. The van der Waals surface area contributed by atoms with Gasteiger partial charge in [-0.1, -0.05) is 26.0 Å². The average Bonchev–Trinajstić information content (AvgIpc) is 2.53. The smallest absolute Gasteiger partial charge is 0.232 e. The Labute approximate surface area is 138 Å². The minimum atomic E-state index is -0.176. The van der Waals surface area contributed by atoms with Gasteiger partial charge in [-0.2, -0.15) is 0 Å². The van der Waals surface area contributed by atoms with Gasteiger partial charge in [0.1, 0.15) is 6.42 Å². The molecule has 1 heterocycles. The third kappa shape index (κ3) is 5.27. The molecule has 1 saturated heterocycles. The maximum absolute atomic E-state index is 12.2. The Morgan fingerprint density at radius 1 is 1.17 bits per heavy atom. The summed E-state index contributed by atoms with van der Waals surface area (Å²) in [6, 6.07) is 8.40. The molecule has 1 fully saturated rings. The lowest BCUT2D eigenvalue weighted by atomic mass is 10.2. The van der Waals surface area contributed by atoms with Gasteiger partial charge in [-0.25, -0.2) is 0 Å². The van der Waals surface area contributed by atoms with Crippen molar-refractivity contribution in [3.8, 4) is 0 Å². The molecular weight excluding hydrogens is 290 g/mol. The second kappa shape index (κ2) is 7.99. The van der Waals surface area contributed by atoms with Crippen LogP contribution in [-0.4, -0.2) is 49.4 Å². The summed E-state index contributed by atoms with van der Waals surface area (Å²) in [6.07, 6.45) is -0.0445. The Morgan fingerprint density at radius 2 is 1.87 bits per heavy atom. The highest BCUT2D eigenvalue weighted by Gasteiger charge is 2.22. The van der Waals surface area contributed by atoms with Gasteiger partial charge in [0.2, 0.25) is 11.8 Å². The van der Waals surface area contributed by atoms with Gasteiger partial charge in [0.15, 0.2) is 0 Å². The van der Waals surface area contributed by atoms with Crippen LogP contribution in [0.4, 0.5) is 5.69 Å². The fourth-order valence-corrected chi connectivity index (χ4v) is 2.67. The highest BCUT2D eigenvalue weighted by Crippen LogP contribution is 2.18. The normalized spacial score (nSPS) is 15.0. The summed E-state index contributed by atoms with van der Waals surface area (Å²) in [5.74, 6) is 0.145. The number of rotatable bonds is 5. The first-order valence-corrected chi connectivity index (χ1v) is 8.32. The lowest BCUT2D eigenvalue weighted by Gasteiger charge is -2.36. The predicted octanol–water partition coefficient (Wildman–Crippen LogP) is 1.81. The second-order valence-electron chi connectivity index (χ2n) is 6.58. The highest BCUT2D eigenvalue weighted by molar-refractivity contribution is 5.96. The standard InChI is InChI=1S/C18H27N3O2/c1-14(2)13-19-17(22)12-18(23)21-9-7-20(8-10-21)16-6-4-5-15(3)11-16/h4-6,11,14H,7-10,12-13H2,1-3H3,(H,19,22). The number of hydrogen-bond acceptors (Lipinski definition) is 3. The lowest BCUT2D eigenvalue weighted by molar-refractivity contribution is -0.136. The van der Waals surface area contributed by atoms with E-state index in [9.17, 15) is 9.59 Å². The Morgan fingerprint density at radius 3 is 2.48 bits per heavy atom. The minimum absolute atomic E-state index is 0.0445. The monoisotopic (exact) mass is 317 g/mol. The van der Waals surface area contributed by atoms with Crippen LogP contribution in [0.25, 0.3) is 0 Å². The molecule has 0 spiro atoms. The molecule has 1 aliphatic rings. The van der Waals surface area contributed by atoms with Crippen LogP contribution in [-0.2, 0) is 9.59 Å². The zero-order chi connectivity index (χ0) is 16.8. The summed E-state index contributed by atoms with van der Waals surface area (Å²) in [5, 5.41) is 2.80. The largest absolute Gasteiger partial charge is 0.368 e. The summed E-state index contributed by atoms with van der Waals surface area (Å²) < 4.78 is 0. The fourth-order valence-electron chi connectivity index (χ4n) is 2.67. The van der Waals surface area contributed by atoms with Gasteiger partial charge in [0, 0.05) is 38.4 Å². The van der Waals surface area contributed by atoms with Crippen molar-refractivity contribution < 1.29 is 9.59 Å². The van der Waals surface area contributed by atoms with Gasteiger partial charge in [-0.3, -0.25) is 9.59 Å². The molecule has 1 aromatic carbocycles. The van der Waals surface area contributed by atoms with Gasteiger partial charge in [-0.15, -0.1) is 0 Å². The van der Waals surface area contributed by atoms with E-state index in [0.717, 1.165) is 13.1 Å². The molecule has 1 aliphatic heterocycles. The molecule has 2 amide bonds. The van der Waals surface area contributed by atoms with Crippen LogP contribution >= 0.6 is 0 Å². The lowest BCUT2D eigenvalue weighted by Crippen LogP contribution is -2.49. The number of nitrogens with zero attached hydrogens (tertiary/aromatic N) is 2. The first kappa shape index (κ1) is 17.3. The summed E-state index contributed by atoms with van der Waals surface area (Å²) in [4.78, 5) is 28.0. The average molecular weight is 317 g/mol. The van der Waals surface area contributed by atoms with E-state index in [4.69, 9.17) is 0 Å². The Bertz CT molecular complexity index is 549. The minimum Gasteiger partial charge on any atom is -0.368 e. The number of piperazine rings is 1. The van der Waals surface area contributed by atoms with E-state index in [1.807, 2.05) is 13.8 Å². The van der Waals surface area contributed by atoms with Crippen LogP contribution in [0.1, 0.15) is 25.8 Å². The SMILES string of the molecule is Cc1cccc(N2CCN(C(=O)CC(=O)NCC(C)C)CC2)c1. The van der Waals surface area contributed by atoms with E-state index >= 15 is 0 Å². The van der Waals surface area contributed by atoms with E-state index in [1.54, 1.807) is 4.90 Å². The molecule has 2 rings (SSSR count). The van der Waals surface area contributed by atoms with Gasteiger partial charge in [-0.05, 0) is 30.5 Å². The zero-order valence-corrected chi connectivity index (χ0v) is 14.3. The zero-order valence-electron chi connectivity index (χ0n) is 14.3. The molecule has 0 radical (unpaired) electrons. The van der Waals surface area contributed by atoms with Crippen molar-refractivity contribution in [2.24, 2.45) is 5.92 Å². The van der Waals surface area contributed by atoms with Gasteiger partial charge in [0.25, 0.3) is 0 Å². The van der Waals surface area contributed by atoms with Crippen molar-refractivity contribution in [1.82, 2.24) is 10.2 Å². The molecule has 0 aromatic heterocycles. The van der Waals surface area contributed by atoms with Crippen LogP contribution in [0.3, 0.4) is 0 Å². The fraction of sp³-hybridized carbons (Fsp3) is 0.556. The quantitative estimate of drug-likeness (QED) is 0.843. The van der Waals surface area contributed by atoms with Gasteiger partial charge >= 0.3 is 0 Å². The number of benzene rings is 1. The van der Waals surface area contributed by atoms with E-state index in [0.29, 0.717) is 25.6 Å². The molecule has 5 heteroatoms. The van der Waals surface area contributed by atoms with Gasteiger partial charge in [0.05, 0.1) is 0 Å². The van der Waals surface area contributed by atoms with Crippen molar-refractivity contribution in [2.75, 3.05) is 37.6 Å². The first-order chi connectivity index (χ1) is 11.0. The maximum atomic E-state index is 12.2. The maximum Gasteiger partial charge on any atom is 0.232 e. The molecule has 1 aromatic rings. The van der Waals surface area contributed by atoms with E-state index in [2.05, 4.69) is 41.4 Å². The summed E-state index contributed by atoms with van der Waals surface area (Å²) >= 11 is 0. The molecule has 0 unspecified atom stereocenters. The van der Waals surface area contributed by atoms with Crippen LogP contribution in [0.5, 0.6) is 0 Å². The van der Waals surface area contributed by atoms with Crippen molar-refractivity contribution in [3.05, 3.63) is 29.8 Å². The third-order valence-corrected chi connectivity index (χ3v) is 4.02. The molecule has 126 valence electrons. The highest BCUT2D eigenvalue weighted by atomic mass is 16.2. The van der Waals surface area contributed by atoms with Crippen molar-refractivity contribution in [2.45, 2.75) is 27.2 Å². The number of carbonyl (C=O) groups is 2. The molecule has 0 bridgehead atoms. The van der Waals surface area contributed by atoms with Crippen LogP contribution < -0.4 is 10.2 Å². The molecule has 1 N–H and O–H groups in total. The van der Waals surface area contributed by atoms with E-state index in [1.165, 1.54) is 11.3 Å². The van der Waals surface area contributed by atoms with E-state index < -0.39 is 0 Å². The topological polar surface area (TPSA) is 52.7 Å². The van der Waals surface area contributed by atoms with Crippen LogP contribution in [0, 0.1) is 12.8 Å². The second-order valence-corrected chi connectivity index (χ2v) is 6.58. The Balaban J connectivity index is 1.79. The Hall–Kier alpha value is -2.04. The first-order valence-electron chi connectivity index (χ1n) is 8.32. The third-order valence-electron chi connectivity index (χ3n) is 4.02. The van der Waals surface area contributed by atoms with Crippen LogP contribution in [0.15, 0.2) is 24.3 Å². The number of hydrogen-bond donors (Lipinski definition) is 1. The van der Waals surface area contributed by atoms with Crippen molar-refractivity contribution >= 4 is 17.5 Å². The van der Waals surface area contributed by atoms with Gasteiger partial charge < -0.3 is 15.1 Å². The molecule has 5 nitrogen and oxygen atoms in total. The van der Waals surface area contributed by atoms with Crippen molar-refractivity contribution in [1.29, 1.82) is 0 Å². The predicted molar refractivity (Wildman–Crippen MR) is 92.4 cm³/mol. The number of carbonyl (C=O) groups excluding carboxylic acids is 2. The number of aryl methyl sites for hydroxylation is 1. The molecule has 0 atom stereocenters. The summed E-state index contributed by atoms with van der Waals surface area (Å²) in [6.45, 7) is 9.73. The summed E-state index contributed by atoms with van der Waals surface area (Å²) in [7, 11) is 0. The van der Waals surface area contributed by atoms with Crippen LogP contribution in [0.2, 0.25) is 0 Å². The van der Waals surface area contributed by atoms with Crippen molar-refractivity contribution in [3.63, 3.8) is 0 Å². The van der Waals surface area contributed by atoms with E-state index in [-0.39, 0.29) is 18.2 Å². The molecule has 0 saturated carbocycles. The number of amides is 2. The molecular formula is C18H27N3O2. The number of nitrogens with one attached hydrogen (secondary N) is 1. The summed E-state index contributed by atoms with van der Waals surface area (Å²) in [5.41, 5.74) is 2.44. The molecule has 23 heavy (non-hydrogen) atoms. The molecule has 0 aliphatic carbocycles. The number of anilines is 1.